The molecule has 2 N–H and O–H groups in total. The predicted molar refractivity (Wildman–Crippen MR) is 80.0 cm³/mol. The summed E-state index contributed by atoms with van der Waals surface area (Å²) in [5.41, 5.74) is 0. The lowest BCUT2D eigenvalue weighted by Gasteiger charge is -2.08. The summed E-state index contributed by atoms with van der Waals surface area (Å²) in [4.78, 5) is 9.99. The number of nitrogens with zero attached hydrogens (tertiary/aromatic N) is 3. The van der Waals surface area contributed by atoms with Crippen molar-refractivity contribution in [1.29, 1.82) is 0 Å². The standard InChI is InChI=1S/C13H15N5OS/c1-2-5-14-13-17-11(10-4-7-20-12(10)18-13)15-8-9-3-6-16-19-9/h3-4,6-7H,2,5,8H2,1H3,(H2,14,15,17,18). The Balaban J connectivity index is 1.85. The van der Waals surface area contributed by atoms with Crippen molar-refractivity contribution < 1.29 is 4.52 Å². The molecule has 0 aliphatic rings. The smallest absolute Gasteiger partial charge is 0.226 e. The zero-order valence-electron chi connectivity index (χ0n) is 11.1. The van der Waals surface area contributed by atoms with Crippen molar-refractivity contribution >= 4 is 33.3 Å². The molecule has 0 aliphatic heterocycles. The first kappa shape index (κ1) is 12.9. The molecule has 0 saturated carbocycles. The highest BCUT2D eigenvalue weighted by Gasteiger charge is 2.09. The van der Waals surface area contributed by atoms with Gasteiger partial charge in [-0.2, -0.15) is 4.98 Å². The van der Waals surface area contributed by atoms with Crippen LogP contribution >= 0.6 is 11.3 Å². The number of nitrogens with one attached hydrogen (secondary N) is 2. The van der Waals surface area contributed by atoms with E-state index in [2.05, 4.69) is 32.7 Å². The Bertz CT molecular complexity index is 679. The van der Waals surface area contributed by atoms with Crippen LogP contribution in [-0.4, -0.2) is 21.7 Å². The van der Waals surface area contributed by atoms with E-state index < -0.39 is 0 Å². The van der Waals surface area contributed by atoms with Gasteiger partial charge in [-0.05, 0) is 17.9 Å². The molecular formula is C13H15N5OS. The summed E-state index contributed by atoms with van der Waals surface area (Å²) in [7, 11) is 0. The monoisotopic (exact) mass is 289 g/mol. The summed E-state index contributed by atoms with van der Waals surface area (Å²) in [6, 6.07) is 3.85. The summed E-state index contributed by atoms with van der Waals surface area (Å²) >= 11 is 1.61. The van der Waals surface area contributed by atoms with Crippen LogP contribution in [0.15, 0.2) is 28.2 Å². The van der Waals surface area contributed by atoms with E-state index in [9.17, 15) is 0 Å². The molecule has 0 bridgehead atoms. The van der Waals surface area contributed by atoms with Crippen molar-refractivity contribution in [2.75, 3.05) is 17.2 Å². The Morgan fingerprint density at radius 2 is 2.20 bits per heavy atom. The van der Waals surface area contributed by atoms with Crippen molar-refractivity contribution in [2.45, 2.75) is 19.9 Å². The number of hydrogen-bond acceptors (Lipinski definition) is 7. The molecule has 20 heavy (non-hydrogen) atoms. The van der Waals surface area contributed by atoms with Gasteiger partial charge in [-0.15, -0.1) is 11.3 Å². The summed E-state index contributed by atoms with van der Waals surface area (Å²) in [6.07, 6.45) is 2.66. The van der Waals surface area contributed by atoms with Gasteiger partial charge in [-0.1, -0.05) is 12.1 Å². The topological polar surface area (TPSA) is 75.9 Å². The normalized spacial score (nSPS) is 10.8. The SMILES string of the molecule is CCCNc1nc(NCc2ccno2)c2ccsc2n1. The van der Waals surface area contributed by atoms with Crippen molar-refractivity contribution in [3.05, 3.63) is 29.5 Å². The fourth-order valence-corrected chi connectivity index (χ4v) is 2.57. The van der Waals surface area contributed by atoms with Gasteiger partial charge >= 0.3 is 0 Å². The lowest BCUT2D eigenvalue weighted by molar-refractivity contribution is 0.388. The highest BCUT2D eigenvalue weighted by Crippen LogP contribution is 2.26. The summed E-state index contributed by atoms with van der Waals surface area (Å²) in [5, 5.41) is 13.2. The van der Waals surface area contributed by atoms with Crippen LogP contribution in [0, 0.1) is 0 Å². The number of hydrogen-bond donors (Lipinski definition) is 2. The highest BCUT2D eigenvalue weighted by molar-refractivity contribution is 7.16. The maximum absolute atomic E-state index is 5.07. The van der Waals surface area contributed by atoms with Crippen molar-refractivity contribution in [3.63, 3.8) is 0 Å². The van der Waals surface area contributed by atoms with E-state index in [-0.39, 0.29) is 0 Å². The first-order chi connectivity index (χ1) is 9.86. The number of fused-ring (bicyclic) bond motifs is 1. The molecule has 3 rings (SSSR count). The summed E-state index contributed by atoms with van der Waals surface area (Å²) in [6.45, 7) is 3.52. The molecule has 0 atom stereocenters. The summed E-state index contributed by atoms with van der Waals surface area (Å²) < 4.78 is 5.07. The van der Waals surface area contributed by atoms with E-state index in [0.717, 1.165) is 34.8 Å². The van der Waals surface area contributed by atoms with Gasteiger partial charge in [-0.25, -0.2) is 4.98 Å². The molecule has 0 aromatic carbocycles. The number of thiophene rings is 1. The van der Waals surface area contributed by atoms with Crippen LogP contribution in [0.25, 0.3) is 10.2 Å². The average molecular weight is 289 g/mol. The van der Waals surface area contributed by atoms with Gasteiger partial charge in [0.05, 0.1) is 18.1 Å². The van der Waals surface area contributed by atoms with Gasteiger partial charge in [0.1, 0.15) is 10.6 Å². The Labute approximate surface area is 120 Å². The fraction of sp³-hybridized carbons (Fsp3) is 0.308. The molecule has 3 aromatic rings. The van der Waals surface area contributed by atoms with Crippen LogP contribution < -0.4 is 10.6 Å². The van der Waals surface area contributed by atoms with Crippen molar-refractivity contribution in [1.82, 2.24) is 15.1 Å². The van der Waals surface area contributed by atoms with Crippen LogP contribution in [0.4, 0.5) is 11.8 Å². The van der Waals surface area contributed by atoms with Gasteiger partial charge < -0.3 is 15.2 Å². The second-order valence-electron chi connectivity index (χ2n) is 4.29. The minimum absolute atomic E-state index is 0.551. The molecule has 0 saturated heterocycles. The zero-order valence-corrected chi connectivity index (χ0v) is 11.9. The van der Waals surface area contributed by atoms with Crippen molar-refractivity contribution in [2.24, 2.45) is 0 Å². The molecule has 0 radical (unpaired) electrons. The minimum Gasteiger partial charge on any atom is -0.362 e. The van der Waals surface area contributed by atoms with Crippen LogP contribution in [-0.2, 0) is 6.54 Å². The fourth-order valence-electron chi connectivity index (χ4n) is 1.81. The zero-order chi connectivity index (χ0) is 13.8. The Morgan fingerprint density at radius 3 is 3.00 bits per heavy atom. The maximum Gasteiger partial charge on any atom is 0.226 e. The Kier molecular flexibility index (Phi) is 3.78. The second kappa shape index (κ2) is 5.87. The molecule has 0 amide bonds. The molecule has 3 heterocycles. The van der Waals surface area contributed by atoms with E-state index in [4.69, 9.17) is 4.52 Å². The number of anilines is 2. The van der Waals surface area contributed by atoms with Gasteiger partial charge in [0.25, 0.3) is 0 Å². The molecule has 0 spiro atoms. The highest BCUT2D eigenvalue weighted by atomic mass is 32.1. The van der Waals surface area contributed by atoms with Crippen LogP contribution in [0.3, 0.4) is 0 Å². The second-order valence-corrected chi connectivity index (χ2v) is 5.19. The van der Waals surface area contributed by atoms with Gasteiger partial charge in [0.15, 0.2) is 5.76 Å². The molecule has 0 unspecified atom stereocenters. The van der Waals surface area contributed by atoms with Gasteiger partial charge in [0, 0.05) is 12.6 Å². The lowest BCUT2D eigenvalue weighted by atomic mass is 10.3. The summed E-state index contributed by atoms with van der Waals surface area (Å²) in [5.74, 6) is 2.24. The third-order valence-corrected chi connectivity index (χ3v) is 3.59. The van der Waals surface area contributed by atoms with Gasteiger partial charge in [-0.3, -0.25) is 0 Å². The Morgan fingerprint density at radius 1 is 1.25 bits per heavy atom. The van der Waals surface area contributed by atoms with E-state index in [0.29, 0.717) is 12.5 Å². The lowest BCUT2D eigenvalue weighted by Crippen LogP contribution is -2.07. The molecule has 3 aromatic heterocycles. The van der Waals surface area contributed by atoms with E-state index >= 15 is 0 Å². The van der Waals surface area contributed by atoms with Gasteiger partial charge in [0.2, 0.25) is 5.95 Å². The molecule has 6 nitrogen and oxygen atoms in total. The van der Waals surface area contributed by atoms with E-state index in [1.54, 1.807) is 17.5 Å². The Hall–Kier alpha value is -2.15. The third-order valence-electron chi connectivity index (χ3n) is 2.78. The first-order valence-electron chi connectivity index (χ1n) is 6.49. The predicted octanol–water partition coefficient (Wildman–Crippen LogP) is 3.11. The van der Waals surface area contributed by atoms with Crippen molar-refractivity contribution in [3.8, 4) is 0 Å². The van der Waals surface area contributed by atoms with Crippen LogP contribution in [0.2, 0.25) is 0 Å². The van der Waals surface area contributed by atoms with Crippen LogP contribution in [0.5, 0.6) is 0 Å². The van der Waals surface area contributed by atoms with Crippen LogP contribution in [0.1, 0.15) is 19.1 Å². The molecular weight excluding hydrogens is 274 g/mol. The number of aromatic nitrogens is 3. The minimum atomic E-state index is 0.551. The first-order valence-corrected chi connectivity index (χ1v) is 7.37. The average Bonchev–Trinajstić information content (AvgIpc) is 3.13. The van der Waals surface area contributed by atoms with E-state index in [1.807, 2.05) is 17.5 Å². The molecule has 7 heteroatoms. The molecule has 0 aliphatic carbocycles. The largest absolute Gasteiger partial charge is 0.362 e. The quantitative estimate of drug-likeness (QED) is 0.726. The molecule has 104 valence electrons. The maximum atomic E-state index is 5.07. The molecule has 0 fully saturated rings. The third kappa shape index (κ3) is 2.72. The number of rotatable bonds is 6. The van der Waals surface area contributed by atoms with E-state index in [1.165, 1.54) is 0 Å².